The van der Waals surface area contributed by atoms with Crippen molar-refractivity contribution >= 4 is 5.91 Å². The fourth-order valence-corrected chi connectivity index (χ4v) is 3.53. The van der Waals surface area contributed by atoms with Crippen LogP contribution in [-0.4, -0.2) is 22.4 Å². The van der Waals surface area contributed by atoms with Gasteiger partial charge in [0.05, 0.1) is 5.69 Å². The monoisotopic (exact) mass is 399 g/mol. The van der Waals surface area contributed by atoms with Crippen molar-refractivity contribution in [3.63, 3.8) is 0 Å². The van der Waals surface area contributed by atoms with Gasteiger partial charge in [-0.1, -0.05) is 42.0 Å². The number of carbonyl (C=O) groups excluding carboxylic acids is 1. The van der Waals surface area contributed by atoms with Crippen molar-refractivity contribution in [1.29, 1.82) is 0 Å². The second-order valence-corrected chi connectivity index (χ2v) is 7.35. The highest BCUT2D eigenvalue weighted by Crippen LogP contribution is 2.24. The van der Waals surface area contributed by atoms with Gasteiger partial charge in [0.15, 0.2) is 0 Å². The third-order valence-electron chi connectivity index (χ3n) is 5.17. The summed E-state index contributed by atoms with van der Waals surface area (Å²) >= 11 is 0. The van der Waals surface area contributed by atoms with E-state index in [-0.39, 0.29) is 5.91 Å². The Morgan fingerprint density at radius 2 is 1.83 bits per heavy atom. The number of hydrogen-bond acceptors (Lipinski definition) is 4. The van der Waals surface area contributed by atoms with Crippen molar-refractivity contribution in [1.82, 2.24) is 15.3 Å². The van der Waals surface area contributed by atoms with Crippen LogP contribution in [0.15, 0.2) is 78.6 Å². The van der Waals surface area contributed by atoms with E-state index in [9.17, 15) is 4.79 Å². The van der Waals surface area contributed by atoms with E-state index in [1.165, 1.54) is 37.6 Å². The van der Waals surface area contributed by atoms with Crippen LogP contribution in [0.3, 0.4) is 0 Å². The Kier molecular flexibility index (Phi) is 6.50. The maximum absolute atomic E-state index is 12.4. The molecule has 1 aromatic heterocycles. The van der Waals surface area contributed by atoms with Gasteiger partial charge in [0, 0.05) is 23.7 Å². The number of para-hydroxylation sites is 1. The molecule has 0 aliphatic heterocycles. The molecule has 0 radical (unpaired) electrons. The summed E-state index contributed by atoms with van der Waals surface area (Å²) in [5, 5.41) is 3.02. The maximum Gasteiger partial charge on any atom is 0.251 e. The number of nitrogens with zero attached hydrogens (tertiary/aromatic N) is 2. The van der Waals surface area contributed by atoms with Gasteiger partial charge in [-0.25, -0.2) is 9.97 Å². The van der Waals surface area contributed by atoms with Crippen molar-refractivity contribution in [2.75, 3.05) is 6.54 Å². The summed E-state index contributed by atoms with van der Waals surface area (Å²) in [6.07, 6.45) is 9.63. The molecule has 0 fully saturated rings. The van der Waals surface area contributed by atoms with Crippen molar-refractivity contribution < 1.29 is 9.53 Å². The molecule has 1 N–H and O–H groups in total. The third kappa shape index (κ3) is 5.32. The maximum atomic E-state index is 12.4. The largest absolute Gasteiger partial charge is 0.439 e. The average molecular weight is 399 g/mol. The first-order chi connectivity index (χ1) is 14.8. The Hall–Kier alpha value is -3.47. The predicted molar refractivity (Wildman–Crippen MR) is 117 cm³/mol. The molecule has 0 spiro atoms. The van der Waals surface area contributed by atoms with E-state index in [1.54, 1.807) is 6.07 Å². The highest BCUT2D eigenvalue weighted by molar-refractivity contribution is 5.94. The summed E-state index contributed by atoms with van der Waals surface area (Å²) in [4.78, 5) is 20.9. The van der Waals surface area contributed by atoms with Crippen LogP contribution in [0.1, 0.15) is 42.5 Å². The first kappa shape index (κ1) is 19.8. The van der Waals surface area contributed by atoms with Gasteiger partial charge in [-0.15, -0.1) is 0 Å². The Balaban J connectivity index is 1.36. The number of amides is 1. The molecule has 5 nitrogen and oxygen atoms in total. The zero-order chi connectivity index (χ0) is 20.6. The summed E-state index contributed by atoms with van der Waals surface area (Å²) in [6.45, 7) is 0.679. The smallest absolute Gasteiger partial charge is 0.251 e. The van der Waals surface area contributed by atoms with E-state index in [4.69, 9.17) is 4.74 Å². The van der Waals surface area contributed by atoms with Gasteiger partial charge in [0.25, 0.3) is 5.91 Å². The molecule has 5 heteroatoms. The summed E-state index contributed by atoms with van der Waals surface area (Å²) in [5.74, 6) is 1.15. The summed E-state index contributed by atoms with van der Waals surface area (Å²) in [5.41, 5.74) is 3.76. The molecule has 152 valence electrons. The lowest BCUT2D eigenvalue weighted by Crippen LogP contribution is -2.24. The SMILES string of the molecule is O=C(NCCC1=CCCCC1)c1ccc(-c2cc(Oc3ccccc3)ncn2)cc1. The van der Waals surface area contributed by atoms with E-state index < -0.39 is 0 Å². The van der Waals surface area contributed by atoms with Crippen LogP contribution in [0.4, 0.5) is 0 Å². The van der Waals surface area contributed by atoms with Crippen LogP contribution in [0, 0.1) is 0 Å². The number of aromatic nitrogens is 2. The van der Waals surface area contributed by atoms with Gasteiger partial charge in [0.2, 0.25) is 5.88 Å². The van der Waals surface area contributed by atoms with E-state index in [1.807, 2.05) is 54.6 Å². The first-order valence-electron chi connectivity index (χ1n) is 10.4. The first-order valence-corrected chi connectivity index (χ1v) is 10.4. The molecule has 1 amide bonds. The Labute approximate surface area is 176 Å². The normalized spacial score (nSPS) is 13.4. The standard InChI is InChI=1S/C25H25N3O2/c29-25(26-16-15-19-7-3-1-4-8-19)21-13-11-20(12-14-21)23-17-24(28-18-27-23)30-22-9-5-2-6-10-22/h2,5-7,9-14,17-18H,1,3-4,8,15-16H2,(H,26,29). The van der Waals surface area contributed by atoms with Gasteiger partial charge in [-0.05, 0) is 56.4 Å². The third-order valence-corrected chi connectivity index (χ3v) is 5.17. The fraction of sp³-hybridized carbons (Fsp3) is 0.240. The number of ether oxygens (including phenoxy) is 1. The van der Waals surface area contributed by atoms with Crippen molar-refractivity contribution in [3.8, 4) is 22.9 Å². The van der Waals surface area contributed by atoms with E-state index in [0.717, 1.165) is 23.4 Å². The van der Waals surface area contributed by atoms with Gasteiger partial charge in [-0.3, -0.25) is 4.79 Å². The van der Waals surface area contributed by atoms with Crippen molar-refractivity contribution in [2.24, 2.45) is 0 Å². The quantitative estimate of drug-likeness (QED) is 0.529. The van der Waals surface area contributed by atoms with Crippen LogP contribution < -0.4 is 10.1 Å². The number of nitrogens with one attached hydrogen (secondary N) is 1. The molecule has 1 aliphatic carbocycles. The van der Waals surface area contributed by atoms with Crippen LogP contribution in [-0.2, 0) is 0 Å². The lowest BCUT2D eigenvalue weighted by molar-refractivity contribution is 0.0954. The fourth-order valence-electron chi connectivity index (χ4n) is 3.53. The molecule has 0 bridgehead atoms. The van der Waals surface area contributed by atoms with Crippen molar-refractivity contribution in [2.45, 2.75) is 32.1 Å². The van der Waals surface area contributed by atoms with Crippen LogP contribution >= 0.6 is 0 Å². The molecule has 0 unspecified atom stereocenters. The average Bonchev–Trinajstić information content (AvgIpc) is 2.81. The molecule has 0 atom stereocenters. The Bertz CT molecular complexity index is 1010. The molecular formula is C25H25N3O2. The molecule has 3 aromatic rings. The number of rotatable bonds is 7. The zero-order valence-electron chi connectivity index (χ0n) is 16.9. The highest BCUT2D eigenvalue weighted by atomic mass is 16.5. The second kappa shape index (κ2) is 9.83. The minimum absolute atomic E-state index is 0.0475. The van der Waals surface area contributed by atoms with Gasteiger partial charge < -0.3 is 10.1 Å². The Morgan fingerprint density at radius 3 is 2.60 bits per heavy atom. The summed E-state index contributed by atoms with van der Waals surface area (Å²) in [6, 6.07) is 18.7. The molecule has 1 heterocycles. The Morgan fingerprint density at radius 1 is 1.00 bits per heavy atom. The molecule has 2 aromatic carbocycles. The van der Waals surface area contributed by atoms with Crippen LogP contribution in [0.2, 0.25) is 0 Å². The van der Waals surface area contributed by atoms with Gasteiger partial charge >= 0.3 is 0 Å². The van der Waals surface area contributed by atoms with Crippen LogP contribution in [0.25, 0.3) is 11.3 Å². The van der Waals surface area contributed by atoms with E-state index >= 15 is 0 Å². The molecule has 0 saturated carbocycles. The van der Waals surface area contributed by atoms with E-state index in [2.05, 4.69) is 21.4 Å². The topological polar surface area (TPSA) is 64.1 Å². The number of benzene rings is 2. The minimum atomic E-state index is -0.0475. The van der Waals surface area contributed by atoms with Gasteiger partial charge in [-0.2, -0.15) is 0 Å². The minimum Gasteiger partial charge on any atom is -0.439 e. The lowest BCUT2D eigenvalue weighted by Gasteiger charge is -2.13. The summed E-state index contributed by atoms with van der Waals surface area (Å²) in [7, 11) is 0. The molecule has 0 saturated heterocycles. The number of allylic oxidation sites excluding steroid dienone is 1. The van der Waals surface area contributed by atoms with Crippen molar-refractivity contribution in [3.05, 3.63) is 84.2 Å². The molecular weight excluding hydrogens is 374 g/mol. The predicted octanol–water partition coefficient (Wildman–Crippen LogP) is 5.56. The highest BCUT2D eigenvalue weighted by Gasteiger charge is 2.09. The molecule has 30 heavy (non-hydrogen) atoms. The lowest BCUT2D eigenvalue weighted by atomic mass is 9.97. The number of hydrogen-bond donors (Lipinski definition) is 1. The second-order valence-electron chi connectivity index (χ2n) is 7.35. The van der Waals surface area contributed by atoms with Gasteiger partial charge in [0.1, 0.15) is 12.1 Å². The molecule has 4 rings (SSSR count). The zero-order valence-corrected chi connectivity index (χ0v) is 16.9. The van der Waals surface area contributed by atoms with E-state index in [0.29, 0.717) is 18.0 Å². The number of carbonyl (C=O) groups is 1. The molecule has 1 aliphatic rings. The van der Waals surface area contributed by atoms with Crippen LogP contribution in [0.5, 0.6) is 11.6 Å². The summed E-state index contributed by atoms with van der Waals surface area (Å²) < 4.78 is 5.78.